The molecule has 0 unspecified atom stereocenters. The molecule has 2 aliphatic heterocycles. The van der Waals surface area contributed by atoms with Crippen molar-refractivity contribution in [2.75, 3.05) is 37.7 Å². The van der Waals surface area contributed by atoms with Crippen molar-refractivity contribution in [2.45, 2.75) is 20.4 Å². The number of carbonyl (C=O) groups excluding carboxylic acids is 2. The van der Waals surface area contributed by atoms with Gasteiger partial charge >= 0.3 is 6.09 Å². The minimum Gasteiger partial charge on any atom is -0.450 e. The van der Waals surface area contributed by atoms with Crippen LogP contribution in [-0.4, -0.2) is 63.5 Å². The van der Waals surface area contributed by atoms with Gasteiger partial charge in [-0.2, -0.15) is 5.26 Å². The molecule has 2 aliphatic rings. The van der Waals surface area contributed by atoms with E-state index in [4.69, 9.17) is 17.0 Å². The van der Waals surface area contributed by atoms with Crippen molar-refractivity contribution in [1.29, 1.82) is 5.26 Å². The molecule has 0 atom stereocenters. The number of thiocarbonyl (C=S) groups is 1. The highest BCUT2D eigenvalue weighted by Crippen LogP contribution is 2.36. The monoisotopic (exact) mass is 555 g/mol. The van der Waals surface area contributed by atoms with E-state index in [0.717, 1.165) is 17.3 Å². The largest absolute Gasteiger partial charge is 0.450 e. The lowest BCUT2D eigenvalue weighted by Gasteiger charge is -2.37. The topological polar surface area (TPSA) is 98.9 Å². The molecular formula is C26H26FN5O4S2. The van der Waals surface area contributed by atoms with Gasteiger partial charge in [-0.3, -0.25) is 19.1 Å². The zero-order valence-electron chi connectivity index (χ0n) is 21.2. The van der Waals surface area contributed by atoms with E-state index in [1.54, 1.807) is 44.0 Å². The fourth-order valence-corrected chi connectivity index (χ4v) is 5.69. The number of nitrogens with zero attached hydrogens (tertiary/aromatic N) is 5. The van der Waals surface area contributed by atoms with Gasteiger partial charge in [0.15, 0.2) is 0 Å². The highest BCUT2D eigenvalue weighted by atomic mass is 32.2. The predicted octanol–water partition coefficient (Wildman–Crippen LogP) is 3.38. The first-order chi connectivity index (χ1) is 18.2. The maximum absolute atomic E-state index is 13.3. The Labute approximate surface area is 229 Å². The molecule has 2 aromatic rings. The van der Waals surface area contributed by atoms with Gasteiger partial charge in [-0.25, -0.2) is 9.18 Å². The van der Waals surface area contributed by atoms with Gasteiger partial charge in [-0.15, -0.1) is 0 Å². The third-order valence-corrected chi connectivity index (χ3v) is 7.85. The van der Waals surface area contributed by atoms with Crippen molar-refractivity contribution < 1.29 is 18.7 Å². The van der Waals surface area contributed by atoms with Crippen molar-refractivity contribution >= 4 is 52.2 Å². The van der Waals surface area contributed by atoms with E-state index >= 15 is 0 Å². The van der Waals surface area contributed by atoms with Crippen molar-refractivity contribution in [3.8, 4) is 6.07 Å². The smallest absolute Gasteiger partial charge is 0.409 e. The molecule has 0 N–H and O–H groups in total. The fourth-order valence-electron chi connectivity index (χ4n) is 4.45. The van der Waals surface area contributed by atoms with Crippen LogP contribution in [0.4, 0.5) is 15.0 Å². The zero-order chi connectivity index (χ0) is 27.6. The van der Waals surface area contributed by atoms with Gasteiger partial charge in [0.05, 0.1) is 18.1 Å². The lowest BCUT2D eigenvalue weighted by atomic mass is 10.0. The quantitative estimate of drug-likeness (QED) is 0.409. The highest BCUT2D eigenvalue weighted by molar-refractivity contribution is 8.26. The summed E-state index contributed by atoms with van der Waals surface area (Å²) < 4.78 is 20.2. The number of amides is 2. The summed E-state index contributed by atoms with van der Waals surface area (Å²) in [7, 11) is 1.59. The molecule has 0 spiro atoms. The number of ether oxygens (including phenoxy) is 1. The normalized spacial score (nSPS) is 16.8. The Kier molecular flexibility index (Phi) is 8.18. The summed E-state index contributed by atoms with van der Waals surface area (Å²) in [6.45, 7) is 5.57. The van der Waals surface area contributed by atoms with Gasteiger partial charge in [0.1, 0.15) is 27.6 Å². The standard InChI is InChI=1S/C26H26FN5O4S2/c1-4-36-25(35)31-11-9-30(10-12-31)22-19(16(2)20(14-28)23(33)29(22)3)13-21-24(34)32(26(37)38-21)15-17-5-7-18(27)8-6-17/h5-8,13H,4,9-12,15H2,1-3H3. The van der Waals surface area contributed by atoms with Crippen molar-refractivity contribution in [1.82, 2.24) is 14.4 Å². The number of halogens is 1. The van der Waals surface area contributed by atoms with Crippen molar-refractivity contribution in [2.24, 2.45) is 7.05 Å². The summed E-state index contributed by atoms with van der Waals surface area (Å²) in [5, 5.41) is 9.69. The van der Waals surface area contributed by atoms with E-state index in [1.165, 1.54) is 21.6 Å². The third kappa shape index (κ3) is 5.30. The number of thioether (sulfide) groups is 1. The molecule has 2 saturated heterocycles. The van der Waals surface area contributed by atoms with Gasteiger partial charge in [0.25, 0.3) is 11.5 Å². The maximum Gasteiger partial charge on any atom is 0.409 e. The van der Waals surface area contributed by atoms with Crippen LogP contribution in [0.1, 0.15) is 29.2 Å². The Bertz CT molecular complexity index is 1420. The van der Waals surface area contributed by atoms with Crippen molar-refractivity contribution in [3.05, 3.63) is 67.6 Å². The van der Waals surface area contributed by atoms with Crippen LogP contribution in [-0.2, 0) is 23.1 Å². The lowest BCUT2D eigenvalue weighted by molar-refractivity contribution is -0.122. The van der Waals surface area contributed by atoms with Crippen LogP contribution in [0, 0.1) is 24.1 Å². The molecular weight excluding hydrogens is 529 g/mol. The van der Waals surface area contributed by atoms with Crippen LogP contribution in [0.25, 0.3) is 6.08 Å². The summed E-state index contributed by atoms with van der Waals surface area (Å²) in [4.78, 5) is 43.9. The van der Waals surface area contributed by atoms with E-state index in [2.05, 4.69) is 0 Å². The van der Waals surface area contributed by atoms with Crippen LogP contribution in [0.5, 0.6) is 0 Å². The number of aromatic nitrogens is 1. The number of anilines is 1. The molecule has 1 aromatic heterocycles. The van der Waals surface area contributed by atoms with E-state index in [9.17, 15) is 24.0 Å². The Morgan fingerprint density at radius 2 is 1.87 bits per heavy atom. The number of carbonyl (C=O) groups is 2. The molecule has 2 fully saturated rings. The highest BCUT2D eigenvalue weighted by Gasteiger charge is 2.34. The van der Waals surface area contributed by atoms with Gasteiger partial charge in [0, 0.05) is 38.8 Å². The summed E-state index contributed by atoms with van der Waals surface area (Å²) in [6.07, 6.45) is 1.29. The predicted molar refractivity (Wildman–Crippen MR) is 147 cm³/mol. The van der Waals surface area contributed by atoms with E-state index in [-0.39, 0.29) is 36.5 Å². The molecule has 38 heavy (non-hydrogen) atoms. The number of pyridine rings is 1. The number of benzene rings is 1. The lowest BCUT2D eigenvalue weighted by Crippen LogP contribution is -2.50. The summed E-state index contributed by atoms with van der Waals surface area (Å²) in [5.74, 6) is -0.124. The average molecular weight is 556 g/mol. The van der Waals surface area contributed by atoms with E-state index in [0.29, 0.717) is 52.3 Å². The van der Waals surface area contributed by atoms with E-state index in [1.807, 2.05) is 11.0 Å². The number of hydrogen-bond acceptors (Lipinski definition) is 8. The Morgan fingerprint density at radius 1 is 1.21 bits per heavy atom. The van der Waals surface area contributed by atoms with Crippen LogP contribution in [0.15, 0.2) is 34.0 Å². The minimum atomic E-state index is -0.436. The van der Waals surface area contributed by atoms with Gasteiger partial charge in [-0.05, 0) is 43.2 Å². The molecule has 0 saturated carbocycles. The second-order valence-electron chi connectivity index (χ2n) is 8.78. The number of hydrogen-bond donors (Lipinski definition) is 0. The molecule has 2 amide bonds. The first kappa shape index (κ1) is 27.3. The first-order valence-corrected chi connectivity index (χ1v) is 13.2. The number of nitriles is 1. The summed E-state index contributed by atoms with van der Waals surface area (Å²) in [6, 6.07) is 7.85. The Morgan fingerprint density at radius 3 is 2.47 bits per heavy atom. The third-order valence-electron chi connectivity index (χ3n) is 6.48. The van der Waals surface area contributed by atoms with Gasteiger partial charge in [0.2, 0.25) is 0 Å². The SMILES string of the molecule is CCOC(=O)N1CCN(c2c(C=C3SC(=S)N(Cc4ccc(F)cc4)C3=O)c(C)c(C#N)c(=O)n2C)CC1. The Balaban J connectivity index is 1.69. The molecule has 0 radical (unpaired) electrons. The molecule has 12 heteroatoms. The molecule has 0 aliphatic carbocycles. The molecule has 0 bridgehead atoms. The average Bonchev–Trinajstić information content (AvgIpc) is 3.16. The molecule has 3 heterocycles. The summed E-state index contributed by atoms with van der Waals surface area (Å²) >= 11 is 6.60. The van der Waals surface area contributed by atoms with Crippen molar-refractivity contribution in [3.63, 3.8) is 0 Å². The zero-order valence-corrected chi connectivity index (χ0v) is 22.8. The molecule has 4 rings (SSSR count). The van der Waals surface area contributed by atoms with Crippen LogP contribution < -0.4 is 10.5 Å². The van der Waals surface area contributed by atoms with Gasteiger partial charge < -0.3 is 14.5 Å². The first-order valence-electron chi connectivity index (χ1n) is 12.0. The maximum atomic E-state index is 13.3. The number of rotatable bonds is 5. The minimum absolute atomic E-state index is 0.00514. The molecule has 1 aromatic carbocycles. The fraction of sp³-hybridized carbons (Fsp3) is 0.346. The second kappa shape index (κ2) is 11.4. The Hall–Kier alpha value is -3.69. The summed E-state index contributed by atoms with van der Waals surface area (Å²) in [5.41, 5.74) is 1.31. The van der Waals surface area contributed by atoms with Crippen LogP contribution in [0.3, 0.4) is 0 Å². The molecule has 9 nitrogen and oxygen atoms in total. The van der Waals surface area contributed by atoms with Gasteiger partial charge in [-0.1, -0.05) is 36.1 Å². The van der Waals surface area contributed by atoms with E-state index < -0.39 is 5.56 Å². The number of piperazine rings is 1. The molecule has 198 valence electrons. The van der Waals surface area contributed by atoms with Crippen LogP contribution in [0.2, 0.25) is 0 Å². The van der Waals surface area contributed by atoms with Crippen LogP contribution >= 0.6 is 24.0 Å². The second-order valence-corrected chi connectivity index (χ2v) is 10.5.